The number of hydrogen-bond acceptors (Lipinski definition) is 3. The monoisotopic (exact) mass is 374 g/mol. The SMILES string of the molecule is Cc1cccc(Cl)c1NS(=O)(=O)c1cc(Br)ccc1N. The number of para-hydroxylation sites is 1. The van der Waals surface area contributed by atoms with Gasteiger partial charge >= 0.3 is 0 Å². The zero-order valence-corrected chi connectivity index (χ0v) is 13.7. The van der Waals surface area contributed by atoms with E-state index in [1.165, 1.54) is 12.1 Å². The third kappa shape index (κ3) is 3.08. The first-order chi connectivity index (χ1) is 9.31. The minimum Gasteiger partial charge on any atom is -0.398 e. The topological polar surface area (TPSA) is 72.2 Å². The van der Waals surface area contributed by atoms with Crippen LogP contribution in [0.25, 0.3) is 0 Å². The highest BCUT2D eigenvalue weighted by atomic mass is 79.9. The van der Waals surface area contributed by atoms with Gasteiger partial charge in [-0.25, -0.2) is 8.42 Å². The summed E-state index contributed by atoms with van der Waals surface area (Å²) in [6, 6.07) is 9.80. The van der Waals surface area contributed by atoms with E-state index in [0.717, 1.165) is 5.56 Å². The molecule has 0 amide bonds. The summed E-state index contributed by atoms with van der Waals surface area (Å²) in [5.74, 6) is 0. The molecule has 2 aromatic rings. The van der Waals surface area contributed by atoms with Crippen molar-refractivity contribution in [1.82, 2.24) is 0 Å². The Morgan fingerprint density at radius 1 is 1.25 bits per heavy atom. The highest BCUT2D eigenvalue weighted by Crippen LogP contribution is 2.30. The molecule has 7 heteroatoms. The third-order valence-corrected chi connectivity index (χ3v) is 4.94. The third-order valence-electron chi connectivity index (χ3n) is 2.72. The lowest BCUT2D eigenvalue weighted by Crippen LogP contribution is -2.15. The van der Waals surface area contributed by atoms with Gasteiger partial charge in [-0.1, -0.05) is 39.7 Å². The summed E-state index contributed by atoms with van der Waals surface area (Å²) in [4.78, 5) is 0.00574. The Labute approximate surface area is 131 Å². The van der Waals surface area contributed by atoms with Crippen LogP contribution in [0.4, 0.5) is 11.4 Å². The van der Waals surface area contributed by atoms with Crippen LogP contribution in [0.1, 0.15) is 5.56 Å². The van der Waals surface area contributed by atoms with E-state index in [9.17, 15) is 8.42 Å². The molecule has 0 heterocycles. The Morgan fingerprint density at radius 2 is 1.95 bits per heavy atom. The van der Waals surface area contributed by atoms with E-state index in [0.29, 0.717) is 15.2 Å². The van der Waals surface area contributed by atoms with E-state index in [4.69, 9.17) is 17.3 Å². The molecule has 0 fully saturated rings. The number of nitrogen functional groups attached to an aromatic ring is 1. The molecule has 0 atom stereocenters. The maximum Gasteiger partial charge on any atom is 0.264 e. The molecule has 20 heavy (non-hydrogen) atoms. The first-order valence-corrected chi connectivity index (χ1v) is 8.29. The molecule has 0 radical (unpaired) electrons. The smallest absolute Gasteiger partial charge is 0.264 e. The Hall–Kier alpha value is -1.24. The summed E-state index contributed by atoms with van der Waals surface area (Å²) in [5, 5.41) is 0.335. The highest BCUT2D eigenvalue weighted by Gasteiger charge is 2.20. The van der Waals surface area contributed by atoms with Gasteiger partial charge in [0, 0.05) is 4.47 Å². The molecule has 0 aromatic heterocycles. The standard InChI is InChI=1S/C13H12BrClN2O2S/c1-8-3-2-4-10(15)13(8)17-20(18,19)12-7-9(14)5-6-11(12)16/h2-7,17H,16H2,1H3. The van der Waals surface area contributed by atoms with Crippen LogP contribution in [0.3, 0.4) is 0 Å². The summed E-state index contributed by atoms with van der Waals surface area (Å²) in [5.41, 5.74) is 6.99. The summed E-state index contributed by atoms with van der Waals surface area (Å²) < 4.78 is 27.9. The van der Waals surface area contributed by atoms with Gasteiger partial charge in [-0.05, 0) is 36.8 Å². The van der Waals surface area contributed by atoms with Gasteiger partial charge in [0.05, 0.1) is 16.4 Å². The molecule has 2 aromatic carbocycles. The number of nitrogens with two attached hydrogens (primary N) is 1. The number of anilines is 2. The van der Waals surface area contributed by atoms with Crippen LogP contribution in [0.5, 0.6) is 0 Å². The average Bonchev–Trinajstić information content (AvgIpc) is 2.37. The molecule has 106 valence electrons. The van der Waals surface area contributed by atoms with Gasteiger partial charge in [-0.3, -0.25) is 4.72 Å². The predicted octanol–water partition coefficient (Wildman–Crippen LogP) is 3.79. The second-order valence-electron chi connectivity index (χ2n) is 4.22. The van der Waals surface area contributed by atoms with E-state index >= 15 is 0 Å². The lowest BCUT2D eigenvalue weighted by Gasteiger charge is -2.13. The van der Waals surface area contributed by atoms with Gasteiger partial charge in [0.25, 0.3) is 10.0 Å². The zero-order valence-electron chi connectivity index (χ0n) is 10.5. The molecule has 0 unspecified atom stereocenters. The lowest BCUT2D eigenvalue weighted by atomic mass is 10.2. The van der Waals surface area contributed by atoms with Crippen molar-refractivity contribution in [3.05, 3.63) is 51.5 Å². The number of benzene rings is 2. The van der Waals surface area contributed by atoms with Crippen molar-refractivity contribution < 1.29 is 8.42 Å². The van der Waals surface area contributed by atoms with Crippen LogP contribution in [-0.2, 0) is 10.0 Å². The zero-order chi connectivity index (χ0) is 14.9. The van der Waals surface area contributed by atoms with Crippen LogP contribution >= 0.6 is 27.5 Å². The van der Waals surface area contributed by atoms with Crippen LogP contribution in [-0.4, -0.2) is 8.42 Å². The first-order valence-electron chi connectivity index (χ1n) is 5.64. The van der Waals surface area contributed by atoms with Crippen molar-refractivity contribution in [2.75, 3.05) is 10.5 Å². The molecule has 0 bridgehead atoms. The Balaban J connectivity index is 2.49. The molecule has 0 spiro atoms. The average molecular weight is 376 g/mol. The van der Waals surface area contributed by atoms with E-state index in [-0.39, 0.29) is 10.6 Å². The molecule has 0 aliphatic heterocycles. The fraction of sp³-hybridized carbons (Fsp3) is 0.0769. The fourth-order valence-electron chi connectivity index (χ4n) is 1.69. The molecule has 4 nitrogen and oxygen atoms in total. The fourth-order valence-corrected chi connectivity index (χ4v) is 3.84. The normalized spacial score (nSPS) is 11.3. The van der Waals surface area contributed by atoms with Gasteiger partial charge in [0.1, 0.15) is 4.90 Å². The van der Waals surface area contributed by atoms with Crippen molar-refractivity contribution in [2.24, 2.45) is 0 Å². The van der Waals surface area contributed by atoms with Crippen LogP contribution in [0.15, 0.2) is 45.8 Å². The molecule has 0 saturated carbocycles. The largest absolute Gasteiger partial charge is 0.398 e. The van der Waals surface area contributed by atoms with E-state index < -0.39 is 10.0 Å². The van der Waals surface area contributed by atoms with Gasteiger partial charge < -0.3 is 5.73 Å². The molecule has 0 aliphatic rings. The van der Waals surface area contributed by atoms with E-state index in [1.807, 2.05) is 0 Å². The predicted molar refractivity (Wildman–Crippen MR) is 85.6 cm³/mol. The van der Waals surface area contributed by atoms with Crippen LogP contribution in [0.2, 0.25) is 5.02 Å². The quantitative estimate of drug-likeness (QED) is 0.802. The van der Waals surface area contributed by atoms with Gasteiger partial charge in [0.2, 0.25) is 0 Å². The maximum atomic E-state index is 12.4. The molecule has 0 aliphatic carbocycles. The Morgan fingerprint density at radius 3 is 2.60 bits per heavy atom. The van der Waals surface area contributed by atoms with E-state index in [2.05, 4.69) is 20.7 Å². The molecular weight excluding hydrogens is 364 g/mol. The van der Waals surface area contributed by atoms with Crippen molar-refractivity contribution in [3.8, 4) is 0 Å². The number of sulfonamides is 1. The minimum atomic E-state index is -3.80. The summed E-state index contributed by atoms with van der Waals surface area (Å²) in [6.07, 6.45) is 0. The van der Waals surface area contributed by atoms with Crippen molar-refractivity contribution >= 4 is 48.9 Å². The Kier molecular flexibility index (Phi) is 4.27. The first kappa shape index (κ1) is 15.2. The molecular formula is C13H12BrClN2O2S. The number of nitrogens with one attached hydrogen (secondary N) is 1. The summed E-state index contributed by atoms with van der Waals surface area (Å²) in [7, 11) is -3.80. The van der Waals surface area contributed by atoms with E-state index in [1.54, 1.807) is 31.2 Å². The number of rotatable bonds is 3. The molecule has 3 N–H and O–H groups in total. The van der Waals surface area contributed by atoms with Gasteiger partial charge in [0.15, 0.2) is 0 Å². The van der Waals surface area contributed by atoms with Crippen molar-refractivity contribution in [3.63, 3.8) is 0 Å². The van der Waals surface area contributed by atoms with Crippen LogP contribution < -0.4 is 10.5 Å². The number of hydrogen-bond donors (Lipinski definition) is 2. The number of halogens is 2. The van der Waals surface area contributed by atoms with Crippen molar-refractivity contribution in [1.29, 1.82) is 0 Å². The minimum absolute atomic E-state index is 0.00574. The second-order valence-corrected chi connectivity index (χ2v) is 7.19. The van der Waals surface area contributed by atoms with Crippen LogP contribution in [0, 0.1) is 6.92 Å². The Bertz CT molecular complexity index is 743. The summed E-state index contributed by atoms with van der Waals surface area (Å²) >= 11 is 9.26. The lowest BCUT2D eigenvalue weighted by molar-refractivity contribution is 0.601. The molecule has 0 saturated heterocycles. The van der Waals surface area contributed by atoms with Gasteiger partial charge in [-0.15, -0.1) is 0 Å². The summed E-state index contributed by atoms with van der Waals surface area (Å²) in [6.45, 7) is 1.77. The van der Waals surface area contributed by atoms with Crippen molar-refractivity contribution in [2.45, 2.75) is 11.8 Å². The molecule has 2 rings (SSSR count). The second kappa shape index (κ2) is 5.63. The van der Waals surface area contributed by atoms with Gasteiger partial charge in [-0.2, -0.15) is 0 Å². The number of aryl methyl sites for hydroxylation is 1. The maximum absolute atomic E-state index is 12.4. The highest BCUT2D eigenvalue weighted by molar-refractivity contribution is 9.10.